The highest BCUT2D eigenvalue weighted by molar-refractivity contribution is 5.79. The third-order valence-electron chi connectivity index (χ3n) is 5.47. The van der Waals surface area contributed by atoms with Gasteiger partial charge in [-0.15, -0.1) is 0 Å². The van der Waals surface area contributed by atoms with E-state index in [1.165, 1.54) is 11.6 Å². The quantitative estimate of drug-likeness (QED) is 0.770. The van der Waals surface area contributed by atoms with Gasteiger partial charge in [-0.05, 0) is 43.9 Å². The zero-order valence-corrected chi connectivity index (χ0v) is 16.7. The van der Waals surface area contributed by atoms with E-state index in [0.717, 1.165) is 24.2 Å². The molecule has 29 heavy (non-hydrogen) atoms. The molecular formula is C22H26F3N3O. The number of aryl methyl sites for hydroxylation is 1. The molecule has 1 aromatic carbocycles. The topological polar surface area (TPSA) is 45.2 Å². The summed E-state index contributed by atoms with van der Waals surface area (Å²) in [5, 5.41) is 3.15. The van der Waals surface area contributed by atoms with Crippen LogP contribution in [0, 0.1) is 12.8 Å². The molecule has 1 unspecified atom stereocenters. The van der Waals surface area contributed by atoms with Crippen molar-refractivity contribution in [2.45, 2.75) is 45.3 Å². The van der Waals surface area contributed by atoms with Gasteiger partial charge >= 0.3 is 6.18 Å². The van der Waals surface area contributed by atoms with Crippen LogP contribution < -0.4 is 10.2 Å². The first kappa shape index (κ1) is 21.1. The van der Waals surface area contributed by atoms with Gasteiger partial charge in [-0.25, -0.2) is 4.98 Å². The second-order valence-corrected chi connectivity index (χ2v) is 7.54. The van der Waals surface area contributed by atoms with E-state index in [0.29, 0.717) is 31.7 Å². The van der Waals surface area contributed by atoms with Crippen molar-refractivity contribution in [3.8, 4) is 0 Å². The lowest BCUT2D eigenvalue weighted by molar-refractivity contribution is -0.137. The van der Waals surface area contributed by atoms with Crippen LogP contribution in [-0.2, 0) is 11.0 Å². The standard InChI is InChI=1S/C22H26F3N3O/c1-3-19(16-6-4-15(2)5-7-16)27-21(29)17-10-12-28(13-11-17)20-9-8-18(14-26-20)22(23,24)25/h4-9,14,17,19H,3,10-13H2,1-2H3,(H,27,29). The van der Waals surface area contributed by atoms with Gasteiger partial charge in [-0.1, -0.05) is 36.8 Å². The Morgan fingerprint density at radius 1 is 1.17 bits per heavy atom. The number of nitrogens with zero attached hydrogens (tertiary/aromatic N) is 2. The second-order valence-electron chi connectivity index (χ2n) is 7.54. The van der Waals surface area contributed by atoms with Crippen LogP contribution >= 0.6 is 0 Å². The van der Waals surface area contributed by atoms with Gasteiger partial charge in [0.25, 0.3) is 0 Å². The molecule has 0 spiro atoms. The van der Waals surface area contributed by atoms with E-state index in [1.807, 2.05) is 43.0 Å². The van der Waals surface area contributed by atoms with Crippen LogP contribution in [0.5, 0.6) is 0 Å². The minimum Gasteiger partial charge on any atom is -0.357 e. The summed E-state index contributed by atoms with van der Waals surface area (Å²) in [7, 11) is 0. The Morgan fingerprint density at radius 3 is 2.34 bits per heavy atom. The Kier molecular flexibility index (Phi) is 6.45. The highest BCUT2D eigenvalue weighted by Gasteiger charge is 2.31. The van der Waals surface area contributed by atoms with Crippen molar-refractivity contribution in [3.63, 3.8) is 0 Å². The van der Waals surface area contributed by atoms with E-state index in [2.05, 4.69) is 10.3 Å². The summed E-state index contributed by atoms with van der Waals surface area (Å²) in [5.74, 6) is 0.459. The lowest BCUT2D eigenvalue weighted by Crippen LogP contribution is -2.41. The Balaban J connectivity index is 1.55. The van der Waals surface area contributed by atoms with Crippen LogP contribution in [-0.4, -0.2) is 24.0 Å². The van der Waals surface area contributed by atoms with Crippen LogP contribution in [0.1, 0.15) is 48.9 Å². The molecule has 2 aromatic rings. The first-order valence-corrected chi connectivity index (χ1v) is 9.93. The molecule has 1 aliphatic rings. The Labute approximate surface area is 169 Å². The SMILES string of the molecule is CCC(NC(=O)C1CCN(c2ccc(C(F)(F)F)cn2)CC1)c1ccc(C)cc1. The summed E-state index contributed by atoms with van der Waals surface area (Å²) in [6, 6.07) is 10.6. The molecule has 3 rings (SSSR count). The summed E-state index contributed by atoms with van der Waals surface area (Å²) in [6.07, 6.45) is -1.41. The van der Waals surface area contributed by atoms with Crippen LogP contribution in [0.25, 0.3) is 0 Å². The molecule has 0 saturated carbocycles. The smallest absolute Gasteiger partial charge is 0.357 e. The summed E-state index contributed by atoms with van der Waals surface area (Å²) < 4.78 is 38.0. The molecular weight excluding hydrogens is 379 g/mol. The zero-order chi connectivity index (χ0) is 21.0. The molecule has 1 aromatic heterocycles. The molecule has 4 nitrogen and oxygen atoms in total. The molecule has 0 bridgehead atoms. The minimum absolute atomic E-state index is 0.0160. The monoisotopic (exact) mass is 405 g/mol. The lowest BCUT2D eigenvalue weighted by atomic mass is 9.94. The Hall–Kier alpha value is -2.57. The van der Waals surface area contributed by atoms with E-state index in [1.54, 1.807) is 0 Å². The normalized spacial score (nSPS) is 16.5. The molecule has 1 amide bonds. The fourth-order valence-electron chi connectivity index (χ4n) is 3.62. The van der Waals surface area contributed by atoms with Gasteiger partial charge in [-0.2, -0.15) is 13.2 Å². The molecule has 7 heteroatoms. The molecule has 0 aliphatic carbocycles. The molecule has 2 heterocycles. The number of anilines is 1. The number of hydrogen-bond acceptors (Lipinski definition) is 3. The Morgan fingerprint density at radius 2 is 1.83 bits per heavy atom. The molecule has 1 aliphatic heterocycles. The predicted molar refractivity (Wildman–Crippen MR) is 107 cm³/mol. The number of halogens is 3. The average molecular weight is 405 g/mol. The third kappa shape index (κ3) is 5.28. The van der Waals surface area contributed by atoms with Gasteiger partial charge in [-0.3, -0.25) is 4.79 Å². The second kappa shape index (κ2) is 8.84. The number of carbonyl (C=O) groups excluding carboxylic acids is 1. The highest BCUT2D eigenvalue weighted by Crippen LogP contribution is 2.30. The number of amides is 1. The highest BCUT2D eigenvalue weighted by atomic mass is 19.4. The molecule has 1 fully saturated rings. The fraction of sp³-hybridized carbons (Fsp3) is 0.455. The molecule has 0 radical (unpaired) electrons. The summed E-state index contributed by atoms with van der Waals surface area (Å²) in [5.41, 5.74) is 1.52. The summed E-state index contributed by atoms with van der Waals surface area (Å²) >= 11 is 0. The maximum atomic E-state index is 12.7. The summed E-state index contributed by atoms with van der Waals surface area (Å²) in [6.45, 7) is 5.27. The van der Waals surface area contributed by atoms with E-state index in [-0.39, 0.29) is 17.9 Å². The maximum absolute atomic E-state index is 12.7. The number of rotatable bonds is 5. The van der Waals surface area contributed by atoms with E-state index in [4.69, 9.17) is 0 Å². The van der Waals surface area contributed by atoms with Gasteiger partial charge < -0.3 is 10.2 Å². The van der Waals surface area contributed by atoms with Crippen molar-refractivity contribution in [1.82, 2.24) is 10.3 Å². The fourth-order valence-corrected chi connectivity index (χ4v) is 3.62. The number of piperidine rings is 1. The number of pyridine rings is 1. The summed E-state index contributed by atoms with van der Waals surface area (Å²) in [4.78, 5) is 18.6. The van der Waals surface area contributed by atoms with Gasteiger partial charge in [0.05, 0.1) is 11.6 Å². The number of aromatic nitrogens is 1. The number of benzene rings is 1. The van der Waals surface area contributed by atoms with Crippen molar-refractivity contribution in [1.29, 1.82) is 0 Å². The van der Waals surface area contributed by atoms with Gasteiger partial charge in [0.15, 0.2) is 0 Å². The Bertz CT molecular complexity index is 811. The van der Waals surface area contributed by atoms with Crippen molar-refractivity contribution < 1.29 is 18.0 Å². The largest absolute Gasteiger partial charge is 0.417 e. The molecule has 1 saturated heterocycles. The predicted octanol–water partition coefficient (Wildman–Crippen LogP) is 4.89. The maximum Gasteiger partial charge on any atom is 0.417 e. The number of nitrogens with one attached hydrogen (secondary N) is 1. The van der Waals surface area contributed by atoms with E-state index < -0.39 is 11.7 Å². The first-order valence-electron chi connectivity index (χ1n) is 9.93. The minimum atomic E-state index is -4.39. The van der Waals surface area contributed by atoms with Crippen molar-refractivity contribution in [2.24, 2.45) is 5.92 Å². The van der Waals surface area contributed by atoms with Gasteiger partial charge in [0.1, 0.15) is 5.82 Å². The van der Waals surface area contributed by atoms with Crippen LogP contribution in [0.15, 0.2) is 42.6 Å². The van der Waals surface area contributed by atoms with Crippen molar-refractivity contribution in [2.75, 3.05) is 18.0 Å². The van der Waals surface area contributed by atoms with Gasteiger partial charge in [0.2, 0.25) is 5.91 Å². The van der Waals surface area contributed by atoms with Crippen molar-refractivity contribution in [3.05, 3.63) is 59.3 Å². The lowest BCUT2D eigenvalue weighted by Gasteiger charge is -2.33. The van der Waals surface area contributed by atoms with E-state index in [9.17, 15) is 18.0 Å². The van der Waals surface area contributed by atoms with Crippen LogP contribution in [0.3, 0.4) is 0 Å². The van der Waals surface area contributed by atoms with Gasteiger partial charge in [0, 0.05) is 25.2 Å². The number of carbonyl (C=O) groups is 1. The first-order chi connectivity index (χ1) is 13.8. The third-order valence-corrected chi connectivity index (χ3v) is 5.47. The number of hydrogen-bond donors (Lipinski definition) is 1. The molecule has 156 valence electrons. The molecule has 1 atom stereocenters. The zero-order valence-electron chi connectivity index (χ0n) is 16.7. The van der Waals surface area contributed by atoms with Crippen molar-refractivity contribution >= 4 is 11.7 Å². The van der Waals surface area contributed by atoms with E-state index >= 15 is 0 Å². The van der Waals surface area contributed by atoms with Crippen LogP contribution in [0.2, 0.25) is 0 Å². The number of alkyl halides is 3. The van der Waals surface area contributed by atoms with Crippen LogP contribution in [0.4, 0.5) is 19.0 Å². The average Bonchev–Trinajstić information content (AvgIpc) is 2.72. The molecule has 1 N–H and O–H groups in total.